The van der Waals surface area contributed by atoms with Gasteiger partial charge in [0.15, 0.2) is 5.13 Å². The van der Waals surface area contributed by atoms with Crippen molar-refractivity contribution in [1.29, 1.82) is 0 Å². The number of Topliss-reactive ketones (excluding diaryl/α,β-unsaturated/α-hetero) is 1. The van der Waals surface area contributed by atoms with E-state index in [0.29, 0.717) is 22.4 Å². The predicted molar refractivity (Wildman–Crippen MR) is 130 cm³/mol. The number of methoxy groups -OCH3 is 1. The van der Waals surface area contributed by atoms with Crippen LogP contribution in [-0.2, 0) is 9.59 Å². The molecule has 0 radical (unpaired) electrons. The fourth-order valence-electron chi connectivity index (χ4n) is 4.00. The van der Waals surface area contributed by atoms with E-state index in [9.17, 15) is 24.8 Å². The highest BCUT2D eigenvalue weighted by atomic mass is 32.1. The minimum absolute atomic E-state index is 0.119. The minimum atomic E-state index is -1.03. The Morgan fingerprint density at radius 3 is 2.46 bits per heavy atom. The van der Waals surface area contributed by atoms with Gasteiger partial charge >= 0.3 is 5.91 Å². The maximum absolute atomic E-state index is 13.3. The highest BCUT2D eigenvalue weighted by Crippen LogP contribution is 2.44. The van der Waals surface area contributed by atoms with Crippen molar-refractivity contribution >= 4 is 49.8 Å². The number of anilines is 1. The third-order valence-corrected chi connectivity index (χ3v) is 6.72. The molecule has 35 heavy (non-hydrogen) atoms. The molecule has 1 aliphatic heterocycles. The van der Waals surface area contributed by atoms with Crippen LogP contribution in [0.2, 0.25) is 0 Å². The topological polar surface area (TPSA) is 123 Å². The van der Waals surface area contributed by atoms with Crippen LogP contribution in [-0.4, -0.2) is 33.8 Å². The molecule has 1 saturated heterocycles. The van der Waals surface area contributed by atoms with E-state index in [1.807, 2.05) is 0 Å². The first-order valence-electron chi connectivity index (χ1n) is 10.4. The van der Waals surface area contributed by atoms with Gasteiger partial charge in [-0.05, 0) is 35.9 Å². The monoisotopic (exact) mass is 487 g/mol. The number of non-ortho nitro benzene ring substituents is 1. The van der Waals surface area contributed by atoms with Gasteiger partial charge in [0.05, 0.1) is 33.9 Å². The maximum Gasteiger partial charge on any atom is 0.301 e. The van der Waals surface area contributed by atoms with Crippen LogP contribution in [0.25, 0.3) is 16.0 Å². The largest absolute Gasteiger partial charge is 0.507 e. The number of rotatable bonds is 5. The number of ketones is 1. The minimum Gasteiger partial charge on any atom is -0.507 e. The number of carbonyl (C=O) groups is 2. The van der Waals surface area contributed by atoms with Crippen LogP contribution >= 0.6 is 11.3 Å². The molecule has 174 valence electrons. The van der Waals surface area contributed by atoms with E-state index in [0.717, 1.165) is 4.70 Å². The molecule has 4 aromatic rings. The van der Waals surface area contributed by atoms with Gasteiger partial charge in [-0.15, -0.1) is 0 Å². The lowest BCUT2D eigenvalue weighted by Gasteiger charge is -2.22. The summed E-state index contributed by atoms with van der Waals surface area (Å²) < 4.78 is 6.00. The third-order valence-electron chi connectivity index (χ3n) is 5.70. The number of nitrogens with zero attached hydrogens (tertiary/aromatic N) is 3. The molecule has 2 heterocycles. The summed E-state index contributed by atoms with van der Waals surface area (Å²) in [6.07, 6.45) is 0. The van der Waals surface area contributed by atoms with Gasteiger partial charge in [0.25, 0.3) is 11.5 Å². The van der Waals surface area contributed by atoms with Gasteiger partial charge in [-0.1, -0.05) is 41.7 Å². The standard InChI is InChI=1S/C25H17N3O6S/c1-34-17-11-12-18-19(13-17)35-25(26-18)27-21(14-7-9-16(10-8-14)28(32)33)20(23(30)24(27)31)22(29)15-5-3-2-4-6-15/h2-13,21,29H,1H3/t21-/m0/s1. The van der Waals surface area contributed by atoms with Crippen molar-refractivity contribution < 1.29 is 24.4 Å². The third kappa shape index (κ3) is 3.79. The average Bonchev–Trinajstić information content (AvgIpc) is 3.41. The molecule has 3 aromatic carbocycles. The summed E-state index contributed by atoms with van der Waals surface area (Å²) in [5.74, 6) is -1.44. The number of nitro benzene ring substituents is 1. The van der Waals surface area contributed by atoms with Gasteiger partial charge in [-0.25, -0.2) is 4.98 Å². The van der Waals surface area contributed by atoms with Gasteiger partial charge in [0.1, 0.15) is 11.5 Å². The summed E-state index contributed by atoms with van der Waals surface area (Å²) in [6, 6.07) is 18.2. The molecule has 0 unspecified atom stereocenters. The fourth-order valence-corrected chi connectivity index (χ4v) is 5.02. The Labute approximate surface area is 202 Å². The van der Waals surface area contributed by atoms with E-state index in [1.54, 1.807) is 55.6 Å². The molecule has 9 nitrogen and oxygen atoms in total. The number of aliphatic hydroxyl groups is 1. The summed E-state index contributed by atoms with van der Waals surface area (Å²) >= 11 is 1.20. The number of carbonyl (C=O) groups excluding carboxylic acids is 2. The van der Waals surface area contributed by atoms with Crippen molar-refractivity contribution in [3.05, 3.63) is 99.6 Å². The molecule has 1 aromatic heterocycles. The highest BCUT2D eigenvalue weighted by Gasteiger charge is 2.48. The van der Waals surface area contributed by atoms with Crippen LogP contribution in [0.15, 0.2) is 78.4 Å². The van der Waals surface area contributed by atoms with E-state index in [-0.39, 0.29) is 22.2 Å². The molecule has 1 fully saturated rings. The number of benzene rings is 3. The molecule has 1 atom stereocenters. The Balaban J connectivity index is 1.71. The number of nitro groups is 1. The normalized spacial score (nSPS) is 17.2. The number of hydrogen-bond acceptors (Lipinski definition) is 8. The summed E-state index contributed by atoms with van der Waals surface area (Å²) in [5.41, 5.74) is 1.14. The SMILES string of the molecule is COc1ccc2nc(N3C(=O)C(=O)C(=C(O)c4ccccc4)[C@@H]3c3ccc([N+](=O)[O-])cc3)sc2c1. The molecule has 5 rings (SSSR count). The average molecular weight is 487 g/mol. The molecule has 1 amide bonds. The zero-order chi connectivity index (χ0) is 24.7. The molecule has 0 saturated carbocycles. The number of fused-ring (bicyclic) bond motifs is 1. The van der Waals surface area contributed by atoms with Crippen molar-refractivity contribution in [2.45, 2.75) is 6.04 Å². The molecular formula is C25H17N3O6S. The highest BCUT2D eigenvalue weighted by molar-refractivity contribution is 7.22. The van der Waals surface area contributed by atoms with Crippen molar-refractivity contribution in [3.63, 3.8) is 0 Å². The summed E-state index contributed by atoms with van der Waals surface area (Å²) in [5, 5.41) is 22.5. The predicted octanol–water partition coefficient (Wildman–Crippen LogP) is 4.84. The van der Waals surface area contributed by atoms with Gasteiger partial charge in [0.2, 0.25) is 0 Å². The van der Waals surface area contributed by atoms with Crippen LogP contribution in [0, 0.1) is 10.1 Å². The summed E-state index contributed by atoms with van der Waals surface area (Å²) in [4.78, 5) is 42.9. The van der Waals surface area contributed by atoms with E-state index in [4.69, 9.17) is 4.74 Å². The summed E-state index contributed by atoms with van der Waals surface area (Å²) in [6.45, 7) is 0. The number of hydrogen-bond donors (Lipinski definition) is 1. The van der Waals surface area contributed by atoms with Crippen LogP contribution in [0.5, 0.6) is 5.75 Å². The Kier molecular flexibility index (Phi) is 5.50. The van der Waals surface area contributed by atoms with Crippen LogP contribution < -0.4 is 9.64 Å². The lowest BCUT2D eigenvalue weighted by atomic mass is 9.95. The Hall–Kier alpha value is -4.57. The first-order valence-corrected chi connectivity index (χ1v) is 11.3. The Bertz CT molecular complexity index is 1510. The van der Waals surface area contributed by atoms with Crippen LogP contribution in [0.1, 0.15) is 17.2 Å². The van der Waals surface area contributed by atoms with Gasteiger partial charge in [0, 0.05) is 17.7 Å². The van der Waals surface area contributed by atoms with Crippen molar-refractivity contribution in [1.82, 2.24) is 4.98 Å². The molecule has 1 N–H and O–H groups in total. The molecule has 0 spiro atoms. The molecular weight excluding hydrogens is 470 g/mol. The molecule has 1 aliphatic rings. The number of aromatic nitrogens is 1. The number of thiazole rings is 1. The molecule has 10 heteroatoms. The number of ether oxygens (including phenoxy) is 1. The van der Waals surface area contributed by atoms with Gasteiger partial charge in [-0.2, -0.15) is 0 Å². The second-order valence-electron chi connectivity index (χ2n) is 7.71. The van der Waals surface area contributed by atoms with Gasteiger partial charge < -0.3 is 9.84 Å². The smallest absolute Gasteiger partial charge is 0.301 e. The first kappa shape index (κ1) is 22.2. The Morgan fingerprint density at radius 2 is 1.80 bits per heavy atom. The van der Waals surface area contributed by atoms with Crippen LogP contribution in [0.3, 0.4) is 0 Å². The second-order valence-corrected chi connectivity index (χ2v) is 8.72. The first-order chi connectivity index (χ1) is 16.9. The lowest BCUT2D eigenvalue weighted by Crippen LogP contribution is -2.29. The number of aliphatic hydroxyl groups excluding tert-OH is 1. The fraction of sp³-hybridized carbons (Fsp3) is 0.0800. The molecule has 0 aliphatic carbocycles. The van der Waals surface area contributed by atoms with Crippen molar-refractivity contribution in [2.75, 3.05) is 12.0 Å². The van der Waals surface area contributed by atoms with E-state index in [2.05, 4.69) is 4.98 Å². The van der Waals surface area contributed by atoms with Crippen molar-refractivity contribution in [3.8, 4) is 5.75 Å². The zero-order valence-electron chi connectivity index (χ0n) is 18.2. The van der Waals surface area contributed by atoms with E-state index < -0.39 is 22.7 Å². The zero-order valence-corrected chi connectivity index (χ0v) is 19.1. The summed E-state index contributed by atoms with van der Waals surface area (Å²) in [7, 11) is 1.54. The van der Waals surface area contributed by atoms with Gasteiger partial charge in [-0.3, -0.25) is 24.6 Å². The quantitative estimate of drug-likeness (QED) is 0.140. The number of amides is 1. The molecule has 0 bridgehead atoms. The van der Waals surface area contributed by atoms with E-state index >= 15 is 0 Å². The lowest BCUT2D eigenvalue weighted by molar-refractivity contribution is -0.384. The maximum atomic E-state index is 13.3. The second kappa shape index (κ2) is 8.65. The van der Waals surface area contributed by atoms with E-state index in [1.165, 1.54) is 40.5 Å². The Morgan fingerprint density at radius 1 is 1.09 bits per heavy atom. The van der Waals surface area contributed by atoms with Crippen molar-refractivity contribution in [2.24, 2.45) is 0 Å². The van der Waals surface area contributed by atoms with Crippen LogP contribution in [0.4, 0.5) is 10.8 Å².